The summed E-state index contributed by atoms with van der Waals surface area (Å²) in [6.07, 6.45) is 7.85. The van der Waals surface area contributed by atoms with Crippen LogP contribution in [0.2, 0.25) is 0 Å². The Hall–Kier alpha value is -0.980. The van der Waals surface area contributed by atoms with Crippen molar-refractivity contribution in [2.24, 2.45) is 0 Å². The summed E-state index contributed by atoms with van der Waals surface area (Å²) in [7, 11) is 0. The Labute approximate surface area is 107 Å². The number of hydrogen-bond donors (Lipinski definition) is 1. The van der Waals surface area contributed by atoms with Crippen molar-refractivity contribution in [3.63, 3.8) is 0 Å². The van der Waals surface area contributed by atoms with Gasteiger partial charge in [0.1, 0.15) is 0 Å². The van der Waals surface area contributed by atoms with E-state index in [1.165, 1.54) is 48.9 Å². The van der Waals surface area contributed by atoms with Crippen molar-refractivity contribution < 1.29 is 0 Å². The average Bonchev–Trinajstić information content (AvgIpc) is 2.35. The Balaban J connectivity index is 2.27. The number of unbranched alkanes of at least 4 members (excludes halogenated alkanes) is 4. The second-order valence-electron chi connectivity index (χ2n) is 4.84. The summed E-state index contributed by atoms with van der Waals surface area (Å²) in [6, 6.07) is 6.71. The number of hydrogen-bond acceptors (Lipinski definition) is 1. The average molecular weight is 233 g/mol. The van der Waals surface area contributed by atoms with Crippen molar-refractivity contribution in [3.8, 4) is 0 Å². The molecule has 1 heteroatoms. The monoisotopic (exact) mass is 233 g/mol. The molecule has 0 aliphatic carbocycles. The van der Waals surface area contributed by atoms with E-state index in [9.17, 15) is 0 Å². The van der Waals surface area contributed by atoms with E-state index in [-0.39, 0.29) is 0 Å². The summed E-state index contributed by atoms with van der Waals surface area (Å²) < 4.78 is 0. The fourth-order valence-corrected chi connectivity index (χ4v) is 2.12. The lowest BCUT2D eigenvalue weighted by molar-refractivity contribution is 0.645. The van der Waals surface area contributed by atoms with Gasteiger partial charge in [-0.3, -0.25) is 0 Å². The zero-order valence-electron chi connectivity index (χ0n) is 11.7. The molecular formula is C16H27N. The van der Waals surface area contributed by atoms with Crippen molar-refractivity contribution >= 4 is 5.69 Å². The predicted molar refractivity (Wildman–Crippen MR) is 77.8 cm³/mol. The van der Waals surface area contributed by atoms with Crippen LogP contribution in [0.15, 0.2) is 18.2 Å². The lowest BCUT2D eigenvalue weighted by Crippen LogP contribution is -2.02. The van der Waals surface area contributed by atoms with Crippen LogP contribution in [0.1, 0.15) is 57.1 Å². The number of anilines is 1. The summed E-state index contributed by atoms with van der Waals surface area (Å²) in [5.74, 6) is 0. The summed E-state index contributed by atoms with van der Waals surface area (Å²) in [4.78, 5) is 0. The Kier molecular flexibility index (Phi) is 6.76. The number of aryl methyl sites for hydroxylation is 2. The highest BCUT2D eigenvalue weighted by molar-refractivity contribution is 5.48. The van der Waals surface area contributed by atoms with Crippen LogP contribution in [0.3, 0.4) is 0 Å². The van der Waals surface area contributed by atoms with Crippen molar-refractivity contribution in [1.29, 1.82) is 0 Å². The van der Waals surface area contributed by atoms with Crippen molar-refractivity contribution in [3.05, 3.63) is 29.3 Å². The van der Waals surface area contributed by atoms with Gasteiger partial charge in [-0.15, -0.1) is 0 Å². The maximum absolute atomic E-state index is 3.52. The van der Waals surface area contributed by atoms with Gasteiger partial charge in [0.25, 0.3) is 0 Å². The topological polar surface area (TPSA) is 12.0 Å². The third-order valence-corrected chi connectivity index (χ3v) is 3.34. The van der Waals surface area contributed by atoms with Crippen LogP contribution in [0.25, 0.3) is 0 Å². The van der Waals surface area contributed by atoms with Gasteiger partial charge < -0.3 is 5.32 Å². The zero-order chi connectivity index (χ0) is 12.5. The molecule has 0 spiro atoms. The minimum atomic E-state index is 1.11. The van der Waals surface area contributed by atoms with Crippen LogP contribution in [0, 0.1) is 6.92 Å². The predicted octanol–water partition coefficient (Wildman–Crippen LogP) is 4.94. The molecule has 0 bridgehead atoms. The Morgan fingerprint density at radius 2 is 1.76 bits per heavy atom. The van der Waals surface area contributed by atoms with Gasteiger partial charge in [0.2, 0.25) is 0 Å². The molecule has 0 atom stereocenters. The minimum Gasteiger partial charge on any atom is -0.385 e. The molecule has 0 saturated carbocycles. The quantitative estimate of drug-likeness (QED) is 0.627. The summed E-state index contributed by atoms with van der Waals surface area (Å²) >= 11 is 0. The molecule has 96 valence electrons. The van der Waals surface area contributed by atoms with Crippen LogP contribution in [-0.2, 0) is 6.42 Å². The fourth-order valence-electron chi connectivity index (χ4n) is 2.12. The van der Waals surface area contributed by atoms with E-state index < -0.39 is 0 Å². The second-order valence-corrected chi connectivity index (χ2v) is 4.84. The van der Waals surface area contributed by atoms with E-state index in [0.29, 0.717) is 0 Å². The number of benzene rings is 1. The summed E-state index contributed by atoms with van der Waals surface area (Å²) in [6.45, 7) is 7.77. The maximum Gasteiger partial charge on any atom is 0.0343 e. The number of rotatable bonds is 8. The fraction of sp³-hybridized carbons (Fsp3) is 0.625. The van der Waals surface area contributed by atoms with Crippen LogP contribution in [-0.4, -0.2) is 6.54 Å². The normalized spacial score (nSPS) is 10.5. The molecule has 1 rings (SSSR count). The van der Waals surface area contributed by atoms with Gasteiger partial charge in [0, 0.05) is 12.2 Å². The molecule has 0 unspecified atom stereocenters. The van der Waals surface area contributed by atoms with Gasteiger partial charge in [0.05, 0.1) is 0 Å². The summed E-state index contributed by atoms with van der Waals surface area (Å²) in [5, 5.41) is 3.52. The smallest absolute Gasteiger partial charge is 0.0343 e. The summed E-state index contributed by atoms with van der Waals surface area (Å²) in [5.41, 5.74) is 4.14. The van der Waals surface area contributed by atoms with Crippen molar-refractivity contribution in [1.82, 2.24) is 0 Å². The van der Waals surface area contributed by atoms with E-state index in [1.807, 2.05) is 0 Å². The molecule has 0 aromatic heterocycles. The van der Waals surface area contributed by atoms with Gasteiger partial charge in [0.15, 0.2) is 0 Å². The van der Waals surface area contributed by atoms with Gasteiger partial charge in [-0.05, 0) is 43.0 Å². The molecule has 17 heavy (non-hydrogen) atoms. The minimum absolute atomic E-state index is 1.11. The lowest BCUT2D eigenvalue weighted by atomic mass is 10.1. The molecule has 1 N–H and O–H groups in total. The van der Waals surface area contributed by atoms with Crippen LogP contribution in [0.4, 0.5) is 5.69 Å². The van der Waals surface area contributed by atoms with E-state index in [0.717, 1.165) is 13.0 Å². The van der Waals surface area contributed by atoms with Gasteiger partial charge in [-0.25, -0.2) is 0 Å². The molecule has 0 amide bonds. The lowest BCUT2D eigenvalue weighted by Gasteiger charge is -2.09. The molecule has 1 nitrogen and oxygen atoms in total. The third kappa shape index (κ3) is 5.25. The van der Waals surface area contributed by atoms with Crippen LogP contribution < -0.4 is 5.32 Å². The van der Waals surface area contributed by atoms with E-state index in [2.05, 4.69) is 44.3 Å². The highest BCUT2D eigenvalue weighted by atomic mass is 14.9. The molecule has 0 saturated heterocycles. The van der Waals surface area contributed by atoms with E-state index in [1.54, 1.807) is 0 Å². The van der Waals surface area contributed by atoms with Gasteiger partial charge in [-0.2, -0.15) is 0 Å². The molecule has 0 fully saturated rings. The highest BCUT2D eigenvalue weighted by Gasteiger charge is 1.98. The van der Waals surface area contributed by atoms with Crippen LogP contribution >= 0.6 is 0 Å². The highest BCUT2D eigenvalue weighted by Crippen LogP contribution is 2.16. The van der Waals surface area contributed by atoms with E-state index in [4.69, 9.17) is 0 Å². The zero-order valence-corrected chi connectivity index (χ0v) is 11.7. The first-order valence-electron chi connectivity index (χ1n) is 7.11. The first-order valence-corrected chi connectivity index (χ1v) is 7.11. The molecule has 0 aliphatic rings. The molecule has 0 heterocycles. The van der Waals surface area contributed by atoms with Gasteiger partial charge in [-0.1, -0.05) is 45.6 Å². The molecule has 0 radical (unpaired) electrons. The Morgan fingerprint density at radius 3 is 2.47 bits per heavy atom. The largest absolute Gasteiger partial charge is 0.385 e. The third-order valence-electron chi connectivity index (χ3n) is 3.34. The standard InChI is InChI=1S/C16H27N/c1-4-6-7-8-9-12-17-16-11-10-14(3)15(5-2)13-16/h10-11,13,17H,4-9,12H2,1-3H3. The van der Waals surface area contributed by atoms with Crippen molar-refractivity contribution in [2.75, 3.05) is 11.9 Å². The first-order chi connectivity index (χ1) is 8.27. The molecule has 1 aromatic rings. The maximum atomic E-state index is 3.52. The second kappa shape index (κ2) is 8.16. The first kappa shape index (κ1) is 14.1. The Bertz CT molecular complexity index is 317. The molecular weight excluding hydrogens is 206 g/mol. The molecule has 0 aliphatic heterocycles. The number of nitrogens with one attached hydrogen (secondary N) is 1. The van der Waals surface area contributed by atoms with Gasteiger partial charge >= 0.3 is 0 Å². The SMILES string of the molecule is CCCCCCCNc1ccc(C)c(CC)c1. The van der Waals surface area contributed by atoms with E-state index >= 15 is 0 Å². The molecule has 1 aromatic carbocycles. The van der Waals surface area contributed by atoms with Crippen LogP contribution in [0.5, 0.6) is 0 Å². The van der Waals surface area contributed by atoms with Crippen molar-refractivity contribution in [2.45, 2.75) is 59.3 Å². The Morgan fingerprint density at radius 1 is 1.00 bits per heavy atom.